The predicted octanol–water partition coefficient (Wildman–Crippen LogP) is 3.96. The van der Waals surface area contributed by atoms with Gasteiger partial charge in [-0.15, -0.1) is 10.2 Å². The minimum atomic E-state index is -0.0622. The summed E-state index contributed by atoms with van der Waals surface area (Å²) in [5.74, 6) is 1.85. The Labute approximate surface area is 174 Å². The third-order valence-electron chi connectivity index (χ3n) is 4.40. The highest BCUT2D eigenvalue weighted by atomic mass is 32.2. The van der Waals surface area contributed by atoms with E-state index in [1.807, 2.05) is 66.9 Å². The number of thioether (sulfide) groups is 1. The fourth-order valence-corrected chi connectivity index (χ4v) is 3.61. The van der Waals surface area contributed by atoms with Gasteiger partial charge in [0.1, 0.15) is 5.75 Å². The molecule has 1 amide bonds. The van der Waals surface area contributed by atoms with Crippen LogP contribution in [0.25, 0.3) is 0 Å². The van der Waals surface area contributed by atoms with Gasteiger partial charge < -0.3 is 19.9 Å². The number of aromatic nitrogens is 3. The summed E-state index contributed by atoms with van der Waals surface area (Å²) in [6.07, 6.45) is 0. The second-order valence-corrected chi connectivity index (χ2v) is 7.32. The number of aryl methyl sites for hydroxylation is 1. The van der Waals surface area contributed by atoms with Crippen molar-refractivity contribution in [2.45, 2.75) is 32.1 Å². The summed E-state index contributed by atoms with van der Waals surface area (Å²) < 4.78 is 7.19. The average molecular weight is 412 g/mol. The van der Waals surface area contributed by atoms with Gasteiger partial charge in [-0.2, -0.15) is 0 Å². The van der Waals surface area contributed by atoms with Crippen molar-refractivity contribution < 1.29 is 9.53 Å². The first-order valence-electron chi connectivity index (χ1n) is 9.39. The van der Waals surface area contributed by atoms with E-state index in [4.69, 9.17) is 4.74 Å². The number of ether oxygens (including phenoxy) is 1. The summed E-state index contributed by atoms with van der Waals surface area (Å²) in [5, 5.41) is 15.6. The molecular weight excluding hydrogens is 386 g/mol. The Morgan fingerprint density at radius 3 is 2.59 bits per heavy atom. The van der Waals surface area contributed by atoms with Crippen LogP contribution in [-0.4, -0.2) is 33.5 Å². The molecule has 0 saturated carbocycles. The first-order valence-corrected chi connectivity index (χ1v) is 10.4. The predicted molar refractivity (Wildman–Crippen MR) is 117 cm³/mol. The third kappa shape index (κ3) is 5.51. The van der Waals surface area contributed by atoms with Gasteiger partial charge in [0.15, 0.2) is 11.0 Å². The van der Waals surface area contributed by atoms with Crippen LogP contribution >= 0.6 is 11.8 Å². The monoisotopic (exact) mass is 411 g/mol. The van der Waals surface area contributed by atoms with Crippen molar-refractivity contribution in [3.8, 4) is 5.75 Å². The minimum absolute atomic E-state index is 0.0622. The molecule has 7 nitrogen and oxygen atoms in total. The lowest BCUT2D eigenvalue weighted by Gasteiger charge is -2.10. The molecule has 0 saturated heterocycles. The van der Waals surface area contributed by atoms with Gasteiger partial charge in [0.05, 0.1) is 19.4 Å². The lowest BCUT2D eigenvalue weighted by Crippen LogP contribution is -2.15. The Kier molecular flexibility index (Phi) is 7.13. The van der Waals surface area contributed by atoms with Crippen LogP contribution in [0.2, 0.25) is 0 Å². The molecule has 0 fully saturated rings. The number of amides is 1. The first-order chi connectivity index (χ1) is 14.1. The molecule has 0 aliphatic heterocycles. The number of anilines is 2. The van der Waals surface area contributed by atoms with E-state index in [-0.39, 0.29) is 11.7 Å². The molecular formula is C21H25N5O2S. The topological polar surface area (TPSA) is 81.1 Å². The maximum Gasteiger partial charge on any atom is 0.234 e. The molecule has 2 aromatic carbocycles. The van der Waals surface area contributed by atoms with Crippen LogP contribution in [0.15, 0.2) is 53.7 Å². The first kappa shape index (κ1) is 20.7. The number of para-hydroxylation sites is 1. The van der Waals surface area contributed by atoms with E-state index in [1.165, 1.54) is 11.8 Å². The number of benzene rings is 2. The molecule has 8 heteroatoms. The molecule has 0 atom stereocenters. The lowest BCUT2D eigenvalue weighted by molar-refractivity contribution is -0.113. The van der Waals surface area contributed by atoms with Crippen LogP contribution in [0.1, 0.15) is 18.3 Å². The number of carbonyl (C=O) groups is 1. The van der Waals surface area contributed by atoms with Crippen LogP contribution in [-0.2, 0) is 17.9 Å². The van der Waals surface area contributed by atoms with E-state index < -0.39 is 0 Å². The number of methoxy groups -OCH3 is 1. The number of nitrogens with one attached hydrogen (secondary N) is 2. The molecule has 0 unspecified atom stereocenters. The van der Waals surface area contributed by atoms with Crippen LogP contribution in [0, 0.1) is 6.92 Å². The SMILES string of the molecule is CCn1c(CNc2ccc(OC)cc2)nnc1SCC(=O)Nc1ccccc1C. The molecule has 152 valence electrons. The summed E-state index contributed by atoms with van der Waals surface area (Å²) in [7, 11) is 1.65. The Morgan fingerprint density at radius 1 is 1.14 bits per heavy atom. The molecule has 0 radical (unpaired) electrons. The summed E-state index contributed by atoms with van der Waals surface area (Å²) in [6.45, 7) is 5.29. The van der Waals surface area contributed by atoms with Crippen molar-refractivity contribution in [2.24, 2.45) is 0 Å². The van der Waals surface area contributed by atoms with Crippen molar-refractivity contribution in [2.75, 3.05) is 23.5 Å². The van der Waals surface area contributed by atoms with Gasteiger partial charge in [-0.3, -0.25) is 4.79 Å². The summed E-state index contributed by atoms with van der Waals surface area (Å²) >= 11 is 1.39. The summed E-state index contributed by atoms with van der Waals surface area (Å²) in [5.41, 5.74) is 2.84. The average Bonchev–Trinajstić information content (AvgIpc) is 3.14. The molecule has 0 aliphatic carbocycles. The molecule has 1 aromatic heterocycles. The van der Waals surface area contributed by atoms with Gasteiger partial charge in [0.2, 0.25) is 5.91 Å². The summed E-state index contributed by atoms with van der Waals surface area (Å²) in [6, 6.07) is 15.4. The van der Waals surface area contributed by atoms with Gasteiger partial charge in [-0.1, -0.05) is 30.0 Å². The van der Waals surface area contributed by atoms with Gasteiger partial charge >= 0.3 is 0 Å². The van der Waals surface area contributed by atoms with Crippen molar-refractivity contribution >= 4 is 29.0 Å². The Balaban J connectivity index is 1.57. The number of rotatable bonds is 9. The Hall–Kier alpha value is -3.00. The van der Waals surface area contributed by atoms with Crippen molar-refractivity contribution in [3.63, 3.8) is 0 Å². The summed E-state index contributed by atoms with van der Waals surface area (Å²) in [4.78, 5) is 12.3. The zero-order valence-corrected chi connectivity index (χ0v) is 17.6. The zero-order chi connectivity index (χ0) is 20.6. The maximum absolute atomic E-state index is 12.3. The molecule has 0 aliphatic rings. The number of hydrogen-bond donors (Lipinski definition) is 2. The largest absolute Gasteiger partial charge is 0.497 e. The fourth-order valence-electron chi connectivity index (χ4n) is 2.79. The Morgan fingerprint density at radius 2 is 1.90 bits per heavy atom. The van der Waals surface area contributed by atoms with Crippen LogP contribution in [0.5, 0.6) is 5.75 Å². The Bertz CT molecular complexity index is 956. The molecule has 29 heavy (non-hydrogen) atoms. The highest BCUT2D eigenvalue weighted by Crippen LogP contribution is 2.20. The molecule has 3 aromatic rings. The molecule has 1 heterocycles. The van der Waals surface area contributed by atoms with E-state index in [9.17, 15) is 4.79 Å². The fraction of sp³-hybridized carbons (Fsp3) is 0.286. The van der Waals surface area contributed by atoms with E-state index in [0.717, 1.165) is 40.2 Å². The van der Waals surface area contributed by atoms with E-state index in [2.05, 4.69) is 20.8 Å². The van der Waals surface area contributed by atoms with Gasteiger partial charge in [0.25, 0.3) is 0 Å². The highest BCUT2D eigenvalue weighted by molar-refractivity contribution is 7.99. The van der Waals surface area contributed by atoms with Crippen LogP contribution < -0.4 is 15.4 Å². The second-order valence-electron chi connectivity index (χ2n) is 6.38. The van der Waals surface area contributed by atoms with Crippen LogP contribution in [0.4, 0.5) is 11.4 Å². The van der Waals surface area contributed by atoms with Gasteiger partial charge in [0, 0.05) is 17.9 Å². The number of hydrogen-bond acceptors (Lipinski definition) is 6. The van der Waals surface area contributed by atoms with Gasteiger partial charge in [-0.05, 0) is 49.7 Å². The highest BCUT2D eigenvalue weighted by Gasteiger charge is 2.13. The van der Waals surface area contributed by atoms with E-state index in [1.54, 1.807) is 7.11 Å². The van der Waals surface area contributed by atoms with Crippen molar-refractivity contribution in [3.05, 3.63) is 59.9 Å². The lowest BCUT2D eigenvalue weighted by atomic mass is 10.2. The van der Waals surface area contributed by atoms with E-state index >= 15 is 0 Å². The van der Waals surface area contributed by atoms with E-state index in [0.29, 0.717) is 6.54 Å². The molecule has 3 rings (SSSR count). The second kappa shape index (κ2) is 9.97. The molecule has 2 N–H and O–H groups in total. The van der Waals surface area contributed by atoms with Crippen molar-refractivity contribution in [1.29, 1.82) is 0 Å². The van der Waals surface area contributed by atoms with Crippen LogP contribution in [0.3, 0.4) is 0 Å². The smallest absolute Gasteiger partial charge is 0.234 e. The van der Waals surface area contributed by atoms with Crippen molar-refractivity contribution in [1.82, 2.24) is 14.8 Å². The third-order valence-corrected chi connectivity index (χ3v) is 5.37. The quantitative estimate of drug-likeness (QED) is 0.519. The minimum Gasteiger partial charge on any atom is -0.497 e. The number of nitrogens with zero attached hydrogens (tertiary/aromatic N) is 3. The molecule has 0 bridgehead atoms. The standard InChI is InChI=1S/C21H25N5O2S/c1-4-26-19(13-22-16-9-11-17(28-3)12-10-16)24-25-21(26)29-14-20(27)23-18-8-6-5-7-15(18)2/h5-12,22H,4,13-14H2,1-3H3,(H,23,27). The zero-order valence-electron chi connectivity index (χ0n) is 16.8. The maximum atomic E-state index is 12.3. The van der Waals surface area contributed by atoms with Gasteiger partial charge in [-0.25, -0.2) is 0 Å². The molecule has 0 spiro atoms. The normalized spacial score (nSPS) is 10.6. The number of carbonyl (C=O) groups excluding carboxylic acids is 1.